The van der Waals surface area contributed by atoms with Crippen LogP contribution in [0.15, 0.2) is 36.5 Å². The maximum absolute atomic E-state index is 12.4. The van der Waals surface area contributed by atoms with Gasteiger partial charge >= 0.3 is 0 Å². The summed E-state index contributed by atoms with van der Waals surface area (Å²) in [5, 5.41) is 32.9. The highest BCUT2D eigenvalue weighted by Crippen LogP contribution is 2.15. The molecule has 258 valence electrons. The van der Waals surface area contributed by atoms with Crippen molar-refractivity contribution in [2.75, 3.05) is 6.61 Å². The molecular weight excluding hydrogens is 546 g/mol. The van der Waals surface area contributed by atoms with Crippen LogP contribution >= 0.6 is 0 Å². The van der Waals surface area contributed by atoms with Crippen LogP contribution in [-0.4, -0.2) is 46.1 Å². The number of allylic oxidation sites excluding steroid dienone is 5. The number of amides is 1. The highest BCUT2D eigenvalue weighted by molar-refractivity contribution is 5.80. The van der Waals surface area contributed by atoms with Crippen LogP contribution < -0.4 is 5.32 Å². The summed E-state index contributed by atoms with van der Waals surface area (Å²) >= 11 is 0. The Kier molecular flexibility index (Phi) is 33.3. The average molecular weight is 620 g/mol. The summed E-state index contributed by atoms with van der Waals surface area (Å²) in [6.45, 7) is 4.12. The molecule has 0 heterocycles. The lowest BCUT2D eigenvalue weighted by atomic mass is 10.0. The fourth-order valence-corrected chi connectivity index (χ4v) is 5.45. The minimum absolute atomic E-state index is 0.380. The van der Waals surface area contributed by atoms with Crippen molar-refractivity contribution >= 4 is 5.91 Å². The Bertz CT molecular complexity index is 690. The van der Waals surface area contributed by atoms with Crippen LogP contribution in [0.4, 0.5) is 0 Å². The predicted molar refractivity (Wildman–Crippen MR) is 190 cm³/mol. The second-order valence-corrected chi connectivity index (χ2v) is 12.8. The first-order valence-corrected chi connectivity index (χ1v) is 18.8. The summed E-state index contributed by atoms with van der Waals surface area (Å²) in [7, 11) is 0. The van der Waals surface area contributed by atoms with Crippen molar-refractivity contribution in [3.8, 4) is 0 Å². The molecule has 3 atom stereocenters. The van der Waals surface area contributed by atoms with E-state index < -0.39 is 24.2 Å². The van der Waals surface area contributed by atoms with Crippen molar-refractivity contribution in [3.63, 3.8) is 0 Å². The Morgan fingerprint density at radius 2 is 0.932 bits per heavy atom. The van der Waals surface area contributed by atoms with Crippen LogP contribution in [0.1, 0.15) is 181 Å². The van der Waals surface area contributed by atoms with Gasteiger partial charge in [0, 0.05) is 0 Å². The summed E-state index contributed by atoms with van der Waals surface area (Å²) in [6.07, 6.45) is 41.6. The van der Waals surface area contributed by atoms with E-state index in [2.05, 4.69) is 43.5 Å². The smallest absolute Gasteiger partial charge is 0.249 e. The summed E-state index contributed by atoms with van der Waals surface area (Å²) in [4.78, 5) is 12.4. The molecule has 0 rings (SSSR count). The quantitative estimate of drug-likeness (QED) is 0.0435. The van der Waals surface area contributed by atoms with Crippen LogP contribution in [0.5, 0.6) is 0 Å². The van der Waals surface area contributed by atoms with E-state index in [1.54, 1.807) is 6.08 Å². The van der Waals surface area contributed by atoms with Gasteiger partial charge in [0.15, 0.2) is 0 Å². The molecule has 0 fully saturated rings. The molecule has 3 unspecified atom stereocenters. The highest BCUT2D eigenvalue weighted by atomic mass is 16.3. The molecule has 0 spiro atoms. The number of hydrogen-bond acceptors (Lipinski definition) is 4. The minimum atomic E-state index is -1.10. The van der Waals surface area contributed by atoms with Crippen molar-refractivity contribution in [2.24, 2.45) is 0 Å². The van der Waals surface area contributed by atoms with Gasteiger partial charge in [-0.1, -0.05) is 172 Å². The second-order valence-electron chi connectivity index (χ2n) is 12.8. The molecule has 0 aliphatic rings. The Morgan fingerprint density at radius 3 is 1.39 bits per heavy atom. The SMILES string of the molecule is CCCCC/C=C/CC/C=C/CC/C=C/C(O)C(CO)NC(=O)C(O)CCCCCCCCCCCCCCCCCCC. The van der Waals surface area contributed by atoms with Crippen molar-refractivity contribution < 1.29 is 20.1 Å². The molecule has 0 aromatic carbocycles. The van der Waals surface area contributed by atoms with Crippen molar-refractivity contribution in [2.45, 2.75) is 199 Å². The molecule has 4 N–H and O–H groups in total. The molecule has 5 heteroatoms. The largest absolute Gasteiger partial charge is 0.394 e. The van der Waals surface area contributed by atoms with Crippen LogP contribution in [0.25, 0.3) is 0 Å². The fraction of sp³-hybridized carbons (Fsp3) is 0.821. The Balaban J connectivity index is 3.77. The maximum atomic E-state index is 12.4. The van der Waals surface area contributed by atoms with Crippen molar-refractivity contribution in [3.05, 3.63) is 36.5 Å². The first-order valence-electron chi connectivity index (χ1n) is 18.8. The number of unbranched alkanes of at least 4 members (excludes halogenated alkanes) is 21. The number of hydrogen-bond donors (Lipinski definition) is 4. The van der Waals surface area contributed by atoms with E-state index in [9.17, 15) is 20.1 Å². The molecule has 0 saturated heterocycles. The van der Waals surface area contributed by atoms with Gasteiger partial charge in [-0.15, -0.1) is 0 Å². The summed E-state index contributed by atoms with van der Waals surface area (Å²) in [5.41, 5.74) is 0. The van der Waals surface area contributed by atoms with Crippen LogP contribution in [0.3, 0.4) is 0 Å². The van der Waals surface area contributed by atoms with E-state index in [0.717, 1.165) is 44.9 Å². The Morgan fingerprint density at radius 1 is 0.545 bits per heavy atom. The summed E-state index contributed by atoms with van der Waals surface area (Å²) in [6, 6.07) is -0.816. The lowest BCUT2D eigenvalue weighted by Crippen LogP contribution is -2.48. The lowest BCUT2D eigenvalue weighted by Gasteiger charge is -2.21. The number of aliphatic hydroxyl groups excluding tert-OH is 3. The third-order valence-corrected chi connectivity index (χ3v) is 8.46. The molecule has 0 aliphatic carbocycles. The van der Waals surface area contributed by atoms with Crippen LogP contribution in [0.2, 0.25) is 0 Å². The molecule has 1 amide bonds. The zero-order valence-electron chi connectivity index (χ0n) is 29.0. The molecule has 44 heavy (non-hydrogen) atoms. The van der Waals surface area contributed by atoms with Gasteiger partial charge in [0.05, 0.1) is 18.8 Å². The summed E-state index contributed by atoms with van der Waals surface area (Å²) in [5.74, 6) is -0.518. The molecule has 0 saturated carbocycles. The van der Waals surface area contributed by atoms with Gasteiger partial charge < -0.3 is 20.6 Å². The number of aliphatic hydroxyl groups is 3. The number of carbonyl (C=O) groups is 1. The zero-order chi connectivity index (χ0) is 32.4. The van der Waals surface area contributed by atoms with E-state index in [4.69, 9.17) is 0 Å². The summed E-state index contributed by atoms with van der Waals surface area (Å²) < 4.78 is 0. The Labute approximate surface area is 273 Å². The van der Waals surface area contributed by atoms with E-state index >= 15 is 0 Å². The molecule has 0 aromatic heterocycles. The third kappa shape index (κ3) is 29.3. The molecule has 0 aliphatic heterocycles. The highest BCUT2D eigenvalue weighted by Gasteiger charge is 2.22. The number of rotatable bonds is 33. The lowest BCUT2D eigenvalue weighted by molar-refractivity contribution is -0.131. The van der Waals surface area contributed by atoms with Crippen LogP contribution in [-0.2, 0) is 4.79 Å². The van der Waals surface area contributed by atoms with Gasteiger partial charge in [-0.25, -0.2) is 0 Å². The third-order valence-electron chi connectivity index (χ3n) is 8.46. The van der Waals surface area contributed by atoms with Gasteiger partial charge in [0.1, 0.15) is 6.10 Å². The Hall–Kier alpha value is -1.43. The van der Waals surface area contributed by atoms with Gasteiger partial charge in [0.25, 0.3) is 0 Å². The minimum Gasteiger partial charge on any atom is -0.394 e. The van der Waals surface area contributed by atoms with E-state index in [0.29, 0.717) is 6.42 Å². The van der Waals surface area contributed by atoms with E-state index in [1.165, 1.54) is 116 Å². The molecule has 0 aromatic rings. The first kappa shape index (κ1) is 42.6. The topological polar surface area (TPSA) is 89.8 Å². The average Bonchev–Trinajstić information content (AvgIpc) is 3.03. The molecule has 5 nitrogen and oxygen atoms in total. The van der Waals surface area contributed by atoms with Crippen molar-refractivity contribution in [1.82, 2.24) is 5.32 Å². The zero-order valence-corrected chi connectivity index (χ0v) is 29.0. The molecule has 0 bridgehead atoms. The molecule has 0 radical (unpaired) electrons. The van der Waals surface area contributed by atoms with Gasteiger partial charge in [-0.05, 0) is 44.9 Å². The molecular formula is C39H73NO4. The normalized spacial score (nSPS) is 14.2. The van der Waals surface area contributed by atoms with Gasteiger partial charge in [-0.2, -0.15) is 0 Å². The number of nitrogens with one attached hydrogen (secondary N) is 1. The predicted octanol–water partition coefficient (Wildman–Crippen LogP) is 10.0. The van der Waals surface area contributed by atoms with Gasteiger partial charge in [0.2, 0.25) is 5.91 Å². The van der Waals surface area contributed by atoms with E-state index in [1.807, 2.05) is 6.08 Å². The monoisotopic (exact) mass is 620 g/mol. The number of carbonyl (C=O) groups excluding carboxylic acids is 1. The van der Waals surface area contributed by atoms with Gasteiger partial charge in [-0.3, -0.25) is 4.79 Å². The second kappa shape index (κ2) is 34.4. The van der Waals surface area contributed by atoms with Crippen LogP contribution in [0, 0.1) is 0 Å². The van der Waals surface area contributed by atoms with Crippen molar-refractivity contribution in [1.29, 1.82) is 0 Å². The maximum Gasteiger partial charge on any atom is 0.249 e. The van der Waals surface area contributed by atoms with E-state index in [-0.39, 0.29) is 6.61 Å². The fourth-order valence-electron chi connectivity index (χ4n) is 5.45. The standard InChI is InChI=1S/C39H73NO4/c1-3-5-7-9-11-13-15-17-18-19-20-22-24-26-28-30-32-34-38(43)39(44)40-36(35-41)37(42)33-31-29-27-25-23-21-16-14-12-10-8-6-4-2/h12,14,23,25,31,33,36-38,41-43H,3-11,13,15-22,24,26-30,32,34-35H2,1-2H3,(H,40,44)/b14-12+,25-23+,33-31+. The first-order chi connectivity index (χ1) is 21.6.